The lowest BCUT2D eigenvalue weighted by molar-refractivity contribution is -0.119. The molecule has 0 bridgehead atoms. The molecule has 0 saturated carbocycles. The SMILES string of the molecule is Cc1cccc(NC(=O)COC(=O)c2cc(I)ccc2N)c1. The van der Waals surface area contributed by atoms with Gasteiger partial charge in [0.1, 0.15) is 0 Å². The normalized spacial score (nSPS) is 10.1. The highest BCUT2D eigenvalue weighted by atomic mass is 127. The van der Waals surface area contributed by atoms with Gasteiger partial charge >= 0.3 is 5.97 Å². The summed E-state index contributed by atoms with van der Waals surface area (Å²) in [5.74, 6) is -1.02. The van der Waals surface area contributed by atoms with E-state index >= 15 is 0 Å². The summed E-state index contributed by atoms with van der Waals surface area (Å²) in [5, 5.41) is 2.67. The first-order valence-corrected chi connectivity index (χ1v) is 7.62. The van der Waals surface area contributed by atoms with Gasteiger partial charge in [0.05, 0.1) is 5.56 Å². The van der Waals surface area contributed by atoms with Gasteiger partial charge in [-0.3, -0.25) is 4.79 Å². The third kappa shape index (κ3) is 4.45. The molecule has 2 rings (SSSR count). The highest BCUT2D eigenvalue weighted by molar-refractivity contribution is 14.1. The number of esters is 1. The summed E-state index contributed by atoms with van der Waals surface area (Å²) >= 11 is 2.07. The second-order valence-corrected chi connectivity index (χ2v) is 5.97. The highest BCUT2D eigenvalue weighted by Crippen LogP contribution is 2.17. The van der Waals surface area contributed by atoms with Crippen LogP contribution in [0.1, 0.15) is 15.9 Å². The second kappa shape index (κ2) is 7.26. The van der Waals surface area contributed by atoms with Crippen molar-refractivity contribution in [3.05, 3.63) is 57.2 Å². The van der Waals surface area contributed by atoms with Gasteiger partial charge in [0.2, 0.25) is 0 Å². The Kier molecular flexibility index (Phi) is 5.37. The predicted molar refractivity (Wildman–Crippen MR) is 93.7 cm³/mol. The van der Waals surface area contributed by atoms with E-state index < -0.39 is 11.9 Å². The number of rotatable bonds is 4. The molecule has 3 N–H and O–H groups in total. The van der Waals surface area contributed by atoms with Crippen molar-refractivity contribution in [1.82, 2.24) is 0 Å². The summed E-state index contributed by atoms with van der Waals surface area (Å²) in [7, 11) is 0. The number of ether oxygens (including phenoxy) is 1. The Morgan fingerprint density at radius 1 is 1.23 bits per heavy atom. The van der Waals surface area contributed by atoms with Crippen molar-refractivity contribution < 1.29 is 14.3 Å². The Morgan fingerprint density at radius 3 is 2.73 bits per heavy atom. The lowest BCUT2D eigenvalue weighted by Gasteiger charge is -2.08. The number of carbonyl (C=O) groups is 2. The zero-order chi connectivity index (χ0) is 16.1. The fraction of sp³-hybridized carbons (Fsp3) is 0.125. The van der Waals surface area contributed by atoms with E-state index in [4.69, 9.17) is 10.5 Å². The number of benzene rings is 2. The molecule has 0 aliphatic carbocycles. The first kappa shape index (κ1) is 16.3. The maximum atomic E-state index is 11.9. The molecule has 0 aromatic heterocycles. The number of amides is 1. The fourth-order valence-corrected chi connectivity index (χ4v) is 2.33. The standard InChI is InChI=1S/C16H15IN2O3/c1-10-3-2-4-12(7-10)19-15(20)9-22-16(21)13-8-11(17)5-6-14(13)18/h2-8H,9,18H2,1H3,(H,19,20). The molecule has 0 aliphatic heterocycles. The topological polar surface area (TPSA) is 81.4 Å². The summed E-state index contributed by atoms with van der Waals surface area (Å²) < 4.78 is 5.86. The number of nitrogens with one attached hydrogen (secondary N) is 1. The van der Waals surface area contributed by atoms with Crippen LogP contribution in [0.5, 0.6) is 0 Å². The van der Waals surface area contributed by atoms with Gasteiger partial charge in [-0.05, 0) is 65.4 Å². The zero-order valence-electron chi connectivity index (χ0n) is 11.9. The van der Waals surface area contributed by atoms with Gasteiger partial charge in [-0.15, -0.1) is 0 Å². The van der Waals surface area contributed by atoms with Crippen LogP contribution in [-0.2, 0) is 9.53 Å². The van der Waals surface area contributed by atoms with Crippen molar-refractivity contribution in [1.29, 1.82) is 0 Å². The molecule has 0 heterocycles. The van der Waals surface area contributed by atoms with E-state index in [0.717, 1.165) is 9.13 Å². The van der Waals surface area contributed by atoms with E-state index in [-0.39, 0.29) is 12.2 Å². The zero-order valence-corrected chi connectivity index (χ0v) is 14.1. The molecule has 22 heavy (non-hydrogen) atoms. The molecular weight excluding hydrogens is 395 g/mol. The summed E-state index contributed by atoms with van der Waals surface area (Å²) in [4.78, 5) is 23.7. The Balaban J connectivity index is 1.93. The minimum absolute atomic E-state index is 0.259. The molecule has 5 nitrogen and oxygen atoms in total. The molecule has 114 valence electrons. The maximum Gasteiger partial charge on any atom is 0.340 e. The minimum atomic E-state index is -0.615. The van der Waals surface area contributed by atoms with Crippen molar-refractivity contribution in [3.8, 4) is 0 Å². The van der Waals surface area contributed by atoms with Gasteiger partial charge in [0.15, 0.2) is 6.61 Å². The predicted octanol–water partition coefficient (Wildman–Crippen LogP) is 2.98. The Bertz CT molecular complexity index is 716. The summed E-state index contributed by atoms with van der Waals surface area (Å²) in [6.45, 7) is 1.56. The van der Waals surface area contributed by atoms with Gasteiger partial charge in [0.25, 0.3) is 5.91 Å². The molecule has 2 aromatic rings. The largest absolute Gasteiger partial charge is 0.452 e. The van der Waals surface area contributed by atoms with Gasteiger partial charge in [0, 0.05) is 14.9 Å². The van der Waals surface area contributed by atoms with Gasteiger partial charge in [-0.25, -0.2) is 4.79 Å². The van der Waals surface area contributed by atoms with E-state index in [2.05, 4.69) is 27.9 Å². The van der Waals surface area contributed by atoms with Crippen molar-refractivity contribution in [2.45, 2.75) is 6.92 Å². The minimum Gasteiger partial charge on any atom is -0.452 e. The van der Waals surface area contributed by atoms with Crippen LogP contribution in [0, 0.1) is 10.5 Å². The average molecular weight is 410 g/mol. The number of hydrogen-bond donors (Lipinski definition) is 2. The van der Waals surface area contributed by atoms with Crippen LogP contribution in [0.4, 0.5) is 11.4 Å². The average Bonchev–Trinajstić information content (AvgIpc) is 2.47. The number of aryl methyl sites for hydroxylation is 1. The van der Waals surface area contributed by atoms with Crippen LogP contribution < -0.4 is 11.1 Å². The number of anilines is 2. The monoisotopic (exact) mass is 410 g/mol. The summed E-state index contributed by atoms with van der Waals surface area (Å²) in [6.07, 6.45) is 0. The molecule has 1 amide bonds. The molecule has 0 unspecified atom stereocenters. The van der Waals surface area contributed by atoms with Crippen LogP contribution in [0.25, 0.3) is 0 Å². The molecule has 0 atom stereocenters. The first-order chi connectivity index (χ1) is 10.5. The second-order valence-electron chi connectivity index (χ2n) is 4.73. The van der Waals surface area contributed by atoms with Crippen LogP contribution in [-0.4, -0.2) is 18.5 Å². The molecule has 0 spiro atoms. The highest BCUT2D eigenvalue weighted by Gasteiger charge is 2.13. The third-order valence-corrected chi connectivity index (χ3v) is 3.54. The van der Waals surface area contributed by atoms with Gasteiger partial charge in [-0.1, -0.05) is 12.1 Å². The molecule has 0 fully saturated rings. The van der Waals surface area contributed by atoms with Crippen LogP contribution in [0.2, 0.25) is 0 Å². The lowest BCUT2D eigenvalue weighted by Crippen LogP contribution is -2.21. The van der Waals surface area contributed by atoms with Crippen molar-refractivity contribution in [3.63, 3.8) is 0 Å². The van der Waals surface area contributed by atoms with E-state index in [0.29, 0.717) is 11.4 Å². The van der Waals surface area contributed by atoms with E-state index in [9.17, 15) is 9.59 Å². The molecular formula is C16H15IN2O3. The van der Waals surface area contributed by atoms with Crippen LogP contribution in [0.3, 0.4) is 0 Å². The third-order valence-electron chi connectivity index (χ3n) is 2.87. The number of hydrogen-bond acceptors (Lipinski definition) is 4. The molecule has 0 radical (unpaired) electrons. The van der Waals surface area contributed by atoms with E-state index in [1.54, 1.807) is 24.3 Å². The van der Waals surface area contributed by atoms with Crippen LogP contribution in [0.15, 0.2) is 42.5 Å². The maximum absolute atomic E-state index is 11.9. The Morgan fingerprint density at radius 2 is 2.00 bits per heavy atom. The molecule has 0 aliphatic rings. The number of nitrogen functional groups attached to an aromatic ring is 1. The Labute approximate surface area is 142 Å². The van der Waals surface area contributed by atoms with Gasteiger partial charge in [-0.2, -0.15) is 0 Å². The lowest BCUT2D eigenvalue weighted by atomic mass is 10.2. The quantitative estimate of drug-likeness (QED) is 0.462. The number of carbonyl (C=O) groups excluding carboxylic acids is 2. The number of nitrogens with two attached hydrogens (primary N) is 1. The molecule has 0 saturated heterocycles. The molecule has 2 aromatic carbocycles. The Hall–Kier alpha value is -2.09. The fourth-order valence-electron chi connectivity index (χ4n) is 1.83. The van der Waals surface area contributed by atoms with Crippen molar-refractivity contribution in [2.75, 3.05) is 17.7 Å². The summed E-state index contributed by atoms with van der Waals surface area (Å²) in [5.41, 5.74) is 8.01. The number of halogens is 1. The van der Waals surface area contributed by atoms with Crippen molar-refractivity contribution >= 4 is 45.8 Å². The van der Waals surface area contributed by atoms with Crippen LogP contribution >= 0.6 is 22.6 Å². The van der Waals surface area contributed by atoms with E-state index in [1.165, 1.54) is 0 Å². The van der Waals surface area contributed by atoms with Gasteiger partial charge < -0.3 is 15.8 Å². The molecule has 6 heteroatoms. The van der Waals surface area contributed by atoms with Crippen molar-refractivity contribution in [2.24, 2.45) is 0 Å². The summed E-state index contributed by atoms with van der Waals surface area (Å²) in [6, 6.07) is 12.4. The van der Waals surface area contributed by atoms with E-state index in [1.807, 2.05) is 25.1 Å². The smallest absolute Gasteiger partial charge is 0.340 e. The first-order valence-electron chi connectivity index (χ1n) is 6.54.